The summed E-state index contributed by atoms with van der Waals surface area (Å²) in [6.07, 6.45) is 7.46. The summed E-state index contributed by atoms with van der Waals surface area (Å²) in [5.74, 6) is 0.854. The molecule has 1 saturated carbocycles. The van der Waals surface area contributed by atoms with Gasteiger partial charge in [0.15, 0.2) is 11.5 Å². The van der Waals surface area contributed by atoms with Crippen LogP contribution in [-0.2, 0) is 0 Å². The van der Waals surface area contributed by atoms with Crippen LogP contribution < -0.4 is 10.1 Å². The molecular weight excluding hydrogens is 396 g/mol. The molecule has 0 saturated heterocycles. The van der Waals surface area contributed by atoms with Crippen LogP contribution in [0.3, 0.4) is 0 Å². The number of aliphatic hydroxyl groups is 1. The lowest BCUT2D eigenvalue weighted by Crippen LogP contribution is -2.28. The third-order valence-corrected chi connectivity index (χ3v) is 6.08. The Labute approximate surface area is 178 Å². The van der Waals surface area contributed by atoms with E-state index in [4.69, 9.17) is 9.84 Å². The Hall–Kier alpha value is -3.46. The predicted octanol–water partition coefficient (Wildman–Crippen LogP) is 3.06. The van der Waals surface area contributed by atoms with E-state index in [9.17, 15) is 9.90 Å². The van der Waals surface area contributed by atoms with Crippen molar-refractivity contribution in [2.24, 2.45) is 5.92 Å². The predicted molar refractivity (Wildman–Crippen MR) is 115 cm³/mol. The third kappa shape index (κ3) is 3.50. The van der Waals surface area contributed by atoms with Crippen LogP contribution in [0.25, 0.3) is 16.6 Å². The summed E-state index contributed by atoms with van der Waals surface area (Å²) < 4.78 is 9.02. The second-order valence-electron chi connectivity index (χ2n) is 8.12. The molecule has 31 heavy (non-hydrogen) atoms. The molecule has 160 valence electrons. The van der Waals surface area contributed by atoms with Gasteiger partial charge in [-0.3, -0.25) is 9.48 Å². The second kappa shape index (κ2) is 7.66. The van der Waals surface area contributed by atoms with Crippen LogP contribution in [0.15, 0.2) is 42.9 Å². The molecule has 9 heteroatoms. The summed E-state index contributed by atoms with van der Waals surface area (Å²) in [5, 5.41) is 22.7. The molecule has 3 atom stereocenters. The van der Waals surface area contributed by atoms with E-state index >= 15 is 0 Å². The van der Waals surface area contributed by atoms with Crippen LogP contribution in [0, 0.1) is 5.92 Å². The molecule has 1 amide bonds. The molecule has 1 aliphatic rings. The van der Waals surface area contributed by atoms with E-state index in [1.807, 2.05) is 16.9 Å². The van der Waals surface area contributed by atoms with Crippen molar-refractivity contribution in [1.82, 2.24) is 24.4 Å². The average Bonchev–Trinajstić information content (AvgIpc) is 3.38. The van der Waals surface area contributed by atoms with E-state index in [1.165, 1.54) is 7.11 Å². The minimum atomic E-state index is -0.312. The molecule has 1 fully saturated rings. The number of rotatable bonds is 4. The van der Waals surface area contributed by atoms with Crippen molar-refractivity contribution in [3.8, 4) is 5.75 Å². The van der Waals surface area contributed by atoms with Gasteiger partial charge in [-0.05, 0) is 43.4 Å². The Morgan fingerprint density at radius 2 is 2.19 bits per heavy atom. The lowest BCUT2D eigenvalue weighted by molar-refractivity contribution is 0.0574. The second-order valence-corrected chi connectivity index (χ2v) is 8.12. The normalized spacial score (nSPS) is 21.5. The Morgan fingerprint density at radius 1 is 1.32 bits per heavy atom. The number of hydrogen-bond acceptors (Lipinski definition) is 6. The number of aliphatic hydroxyl groups excluding tert-OH is 1. The number of fused-ring (bicyclic) bond motifs is 2. The minimum absolute atomic E-state index is 0.235. The highest BCUT2D eigenvalue weighted by atomic mass is 16.5. The number of benzene rings is 1. The van der Waals surface area contributed by atoms with Crippen molar-refractivity contribution >= 4 is 28.3 Å². The molecule has 1 aromatic carbocycles. The Morgan fingerprint density at radius 3 is 3.00 bits per heavy atom. The molecule has 0 radical (unpaired) electrons. The highest BCUT2D eigenvalue weighted by Gasteiger charge is 2.28. The molecule has 3 heterocycles. The third-order valence-electron chi connectivity index (χ3n) is 6.08. The fourth-order valence-corrected chi connectivity index (χ4v) is 4.30. The van der Waals surface area contributed by atoms with Gasteiger partial charge in [0.25, 0.3) is 5.91 Å². The number of aromatic nitrogens is 5. The standard InChI is InChI=1S/C22H24N6O3/c1-13-8-15(5-6-18(13)29)27-12-14-9-16(19(31-2)10-17(14)26-27)22(30)25-21-11-23-20-4-3-7-24-28(20)21/h3-4,7,9-13,15,18,29H,5-6,8H2,1-2H3,(H,25,30)/t13-,15-,18+/m1/s1. The van der Waals surface area contributed by atoms with Crippen molar-refractivity contribution in [3.05, 3.63) is 48.4 Å². The average molecular weight is 420 g/mol. The summed E-state index contributed by atoms with van der Waals surface area (Å²) in [6.45, 7) is 2.07. The van der Waals surface area contributed by atoms with Gasteiger partial charge >= 0.3 is 0 Å². The fourth-order valence-electron chi connectivity index (χ4n) is 4.30. The van der Waals surface area contributed by atoms with Crippen molar-refractivity contribution in [3.63, 3.8) is 0 Å². The summed E-state index contributed by atoms with van der Waals surface area (Å²) in [4.78, 5) is 17.3. The first-order valence-corrected chi connectivity index (χ1v) is 10.4. The van der Waals surface area contributed by atoms with Gasteiger partial charge in [0.05, 0.1) is 36.5 Å². The lowest BCUT2D eigenvalue weighted by atomic mass is 9.85. The number of ether oxygens (including phenoxy) is 1. The number of anilines is 1. The van der Waals surface area contributed by atoms with E-state index in [1.54, 1.807) is 35.1 Å². The number of hydrogen-bond donors (Lipinski definition) is 2. The van der Waals surface area contributed by atoms with Crippen LogP contribution in [-0.4, -0.2) is 48.6 Å². The van der Waals surface area contributed by atoms with Crippen molar-refractivity contribution < 1.29 is 14.6 Å². The molecule has 0 spiro atoms. The summed E-state index contributed by atoms with van der Waals surface area (Å²) >= 11 is 0. The van der Waals surface area contributed by atoms with E-state index in [0.717, 1.165) is 30.2 Å². The smallest absolute Gasteiger partial charge is 0.260 e. The summed E-state index contributed by atoms with van der Waals surface area (Å²) in [6, 6.07) is 7.42. The van der Waals surface area contributed by atoms with Gasteiger partial charge < -0.3 is 15.2 Å². The van der Waals surface area contributed by atoms with Gasteiger partial charge in [-0.25, -0.2) is 4.98 Å². The Balaban J connectivity index is 1.46. The molecule has 2 N–H and O–H groups in total. The maximum Gasteiger partial charge on any atom is 0.260 e. The molecule has 0 unspecified atom stereocenters. The number of nitrogens with zero attached hydrogens (tertiary/aromatic N) is 5. The van der Waals surface area contributed by atoms with Gasteiger partial charge in [-0.15, -0.1) is 0 Å². The van der Waals surface area contributed by atoms with E-state index in [-0.39, 0.29) is 24.0 Å². The van der Waals surface area contributed by atoms with Gasteiger partial charge in [-0.2, -0.15) is 14.7 Å². The van der Waals surface area contributed by atoms with Crippen LogP contribution in [0.4, 0.5) is 5.82 Å². The van der Waals surface area contributed by atoms with Crippen LogP contribution in [0.2, 0.25) is 0 Å². The zero-order chi connectivity index (χ0) is 21.5. The minimum Gasteiger partial charge on any atom is -0.496 e. The van der Waals surface area contributed by atoms with Gasteiger partial charge in [0.1, 0.15) is 5.75 Å². The first kappa shape index (κ1) is 19.5. The number of amides is 1. The molecule has 0 bridgehead atoms. The number of carbonyl (C=O) groups is 1. The zero-order valence-corrected chi connectivity index (χ0v) is 17.4. The first-order chi connectivity index (χ1) is 15.0. The molecule has 3 aromatic heterocycles. The molecule has 9 nitrogen and oxygen atoms in total. The van der Waals surface area contributed by atoms with Crippen LogP contribution in [0.1, 0.15) is 42.6 Å². The lowest BCUT2D eigenvalue weighted by Gasteiger charge is -2.31. The highest BCUT2D eigenvalue weighted by Crippen LogP contribution is 2.34. The van der Waals surface area contributed by atoms with Gasteiger partial charge in [0.2, 0.25) is 0 Å². The molecule has 0 aliphatic heterocycles. The fraction of sp³-hybridized carbons (Fsp3) is 0.364. The summed E-state index contributed by atoms with van der Waals surface area (Å²) in [7, 11) is 1.54. The monoisotopic (exact) mass is 420 g/mol. The van der Waals surface area contributed by atoms with Gasteiger partial charge in [0, 0.05) is 23.8 Å². The quantitative estimate of drug-likeness (QED) is 0.526. The highest BCUT2D eigenvalue weighted by molar-refractivity contribution is 6.08. The maximum atomic E-state index is 13.1. The van der Waals surface area contributed by atoms with E-state index in [0.29, 0.717) is 22.8 Å². The van der Waals surface area contributed by atoms with E-state index < -0.39 is 0 Å². The van der Waals surface area contributed by atoms with Gasteiger partial charge in [-0.1, -0.05) is 6.92 Å². The molecule has 1 aliphatic carbocycles. The SMILES string of the molecule is COc1cc2nn([C@@H]3CC[C@H](O)[C@H](C)C3)cc2cc1C(=O)Nc1cnc2cccnn12. The van der Waals surface area contributed by atoms with Crippen molar-refractivity contribution in [2.45, 2.75) is 38.3 Å². The molecule has 4 aromatic rings. The van der Waals surface area contributed by atoms with Crippen LogP contribution in [0.5, 0.6) is 5.75 Å². The largest absolute Gasteiger partial charge is 0.496 e. The topological polar surface area (TPSA) is 107 Å². The first-order valence-electron chi connectivity index (χ1n) is 10.4. The van der Waals surface area contributed by atoms with E-state index in [2.05, 4.69) is 22.3 Å². The zero-order valence-electron chi connectivity index (χ0n) is 17.4. The Kier molecular flexibility index (Phi) is 4.82. The maximum absolute atomic E-state index is 13.1. The summed E-state index contributed by atoms with van der Waals surface area (Å²) in [5.41, 5.74) is 1.82. The number of methoxy groups -OCH3 is 1. The Bertz CT molecular complexity index is 1260. The number of nitrogens with one attached hydrogen (secondary N) is 1. The number of imidazole rings is 1. The van der Waals surface area contributed by atoms with Crippen LogP contribution >= 0.6 is 0 Å². The van der Waals surface area contributed by atoms with Crippen molar-refractivity contribution in [1.29, 1.82) is 0 Å². The molecular formula is C22H24N6O3. The number of carbonyl (C=O) groups excluding carboxylic acids is 1. The molecule has 5 rings (SSSR count). The van der Waals surface area contributed by atoms with Crippen molar-refractivity contribution in [2.75, 3.05) is 12.4 Å².